The van der Waals surface area contributed by atoms with Crippen molar-refractivity contribution in [3.63, 3.8) is 0 Å². The second kappa shape index (κ2) is 7.31. The summed E-state index contributed by atoms with van der Waals surface area (Å²) in [6.07, 6.45) is 10.4. The quantitative estimate of drug-likeness (QED) is 0.523. The van der Waals surface area contributed by atoms with Gasteiger partial charge in [0.25, 0.3) is 0 Å². The Morgan fingerprint density at radius 3 is 2.80 bits per heavy atom. The molecule has 0 amide bonds. The molecule has 0 unspecified atom stereocenters. The molecule has 1 N–H and O–H groups in total. The van der Waals surface area contributed by atoms with E-state index in [1.165, 1.54) is 6.07 Å². The molecule has 3 aromatic rings. The van der Waals surface area contributed by atoms with Crippen molar-refractivity contribution in [2.24, 2.45) is 0 Å². The Kier molecular flexibility index (Phi) is 5.48. The van der Waals surface area contributed by atoms with Gasteiger partial charge in [-0.05, 0) is 46.8 Å². The van der Waals surface area contributed by atoms with Crippen molar-refractivity contribution in [1.29, 1.82) is 0 Å². The van der Waals surface area contributed by atoms with Gasteiger partial charge >= 0.3 is 0 Å². The maximum Gasteiger partial charge on any atom is 0.159 e. The molecule has 0 spiro atoms. The van der Waals surface area contributed by atoms with Crippen LogP contribution in [0.1, 0.15) is 0 Å². The van der Waals surface area contributed by atoms with E-state index >= 15 is 0 Å². The lowest BCUT2D eigenvalue weighted by atomic mass is 10.1. The summed E-state index contributed by atoms with van der Waals surface area (Å²) in [6, 6.07) is 3.20. The Labute approximate surface area is 161 Å². The Bertz CT molecular complexity index is 903. The van der Waals surface area contributed by atoms with E-state index in [2.05, 4.69) is 44.8 Å². The maximum absolute atomic E-state index is 13.7. The zero-order chi connectivity index (χ0) is 18.2. The number of H-pyrrole nitrogens is 1. The van der Waals surface area contributed by atoms with Crippen LogP contribution in [0.3, 0.4) is 0 Å². The van der Waals surface area contributed by atoms with Gasteiger partial charge in [-0.2, -0.15) is 5.10 Å². The zero-order valence-corrected chi connectivity index (χ0v) is 17.4. The normalized spacial score (nSPS) is 12.9. The highest BCUT2D eigenvalue weighted by Gasteiger charge is 2.15. The summed E-state index contributed by atoms with van der Waals surface area (Å²) in [6.45, 7) is 1.06. The van der Waals surface area contributed by atoms with Crippen LogP contribution in [0.2, 0.25) is 5.15 Å². The Morgan fingerprint density at radius 1 is 1.32 bits per heavy atom. The Balaban J connectivity index is 1.80. The predicted octanol–water partition coefficient (Wildman–Crippen LogP) is 5.25. The average molecular weight is 449 g/mol. The lowest BCUT2D eigenvalue weighted by molar-refractivity contribution is 0.0810. The fraction of sp³-hybridized carbons (Fsp3) is 0.353. The van der Waals surface area contributed by atoms with Crippen molar-refractivity contribution in [1.82, 2.24) is 14.8 Å². The molecule has 0 fully saturated rings. The highest BCUT2D eigenvalue weighted by atomic mass is 79.9. The largest absolute Gasteiger partial charge is 0.360 e. The van der Waals surface area contributed by atoms with Crippen molar-refractivity contribution in [3.05, 3.63) is 40.0 Å². The minimum Gasteiger partial charge on any atom is -0.360 e. The summed E-state index contributed by atoms with van der Waals surface area (Å²) >= 11 is 9.54. The summed E-state index contributed by atoms with van der Waals surface area (Å²) in [5, 5.41) is 5.59. The van der Waals surface area contributed by atoms with Crippen LogP contribution in [-0.4, -0.2) is 45.9 Å². The Morgan fingerprint density at radius 2 is 2.08 bits per heavy atom. The van der Waals surface area contributed by atoms with E-state index in [4.69, 9.17) is 16.3 Å². The van der Waals surface area contributed by atoms with Gasteiger partial charge in [0, 0.05) is 40.2 Å². The number of benzene rings is 1. The third-order valence-electron chi connectivity index (χ3n) is 3.79. The highest BCUT2D eigenvalue weighted by Crippen LogP contribution is 2.35. The zero-order valence-electron chi connectivity index (χ0n) is 14.3. The van der Waals surface area contributed by atoms with Gasteiger partial charge in [-0.3, -0.25) is 0 Å². The van der Waals surface area contributed by atoms with Gasteiger partial charge in [0.05, 0.1) is 11.1 Å². The molecule has 0 bridgehead atoms. The predicted molar refractivity (Wildman–Crippen MR) is 108 cm³/mol. The first-order chi connectivity index (χ1) is 11.7. The third kappa shape index (κ3) is 4.39. The third-order valence-corrected chi connectivity index (χ3v) is 6.07. The van der Waals surface area contributed by atoms with Crippen molar-refractivity contribution in [3.8, 4) is 11.1 Å². The summed E-state index contributed by atoms with van der Waals surface area (Å²) in [7, 11) is -0.569. The Hall–Kier alpha value is -1.02. The molecule has 8 heteroatoms. The van der Waals surface area contributed by atoms with E-state index in [-0.39, 0.29) is 5.82 Å². The topological polar surface area (TPSA) is 42.8 Å². The van der Waals surface area contributed by atoms with Gasteiger partial charge in [-0.15, -0.1) is 0 Å². The fourth-order valence-corrected chi connectivity index (χ4v) is 3.66. The molecule has 2 aromatic heterocycles. The molecular weight excluding hydrogens is 429 g/mol. The first-order valence-corrected chi connectivity index (χ1v) is 11.9. The number of ether oxygens (including phenoxy) is 1. The summed E-state index contributed by atoms with van der Waals surface area (Å²) in [5.41, 5.74) is 2.38. The lowest BCUT2D eigenvalue weighted by Gasteiger charge is -2.24. The number of aromatic nitrogens is 3. The van der Waals surface area contributed by atoms with Crippen LogP contribution in [0.25, 0.3) is 22.0 Å². The number of nitrogens with zero attached hydrogens (tertiary/aromatic N) is 2. The maximum atomic E-state index is 13.7. The molecule has 0 atom stereocenters. The van der Waals surface area contributed by atoms with Crippen LogP contribution in [-0.2, 0) is 11.5 Å². The van der Waals surface area contributed by atoms with Crippen LogP contribution in [0.15, 0.2) is 29.0 Å². The molecule has 0 aliphatic carbocycles. The van der Waals surface area contributed by atoms with Crippen molar-refractivity contribution in [2.45, 2.75) is 6.73 Å². The molecule has 0 radical (unpaired) electrons. The molecule has 3 rings (SSSR count). The first kappa shape index (κ1) is 18.8. The SMILES string of the molecule is CS(C)(C)CCOCn1cc(-c2c[nH]c3cc(F)c(Br)cc23)c(Cl)n1. The minimum absolute atomic E-state index is 0.308. The van der Waals surface area contributed by atoms with Crippen LogP contribution >= 0.6 is 37.6 Å². The van der Waals surface area contributed by atoms with E-state index in [1.54, 1.807) is 10.7 Å². The molecule has 0 saturated heterocycles. The molecule has 2 heterocycles. The van der Waals surface area contributed by atoms with E-state index in [0.29, 0.717) is 28.5 Å². The van der Waals surface area contributed by atoms with Crippen LogP contribution in [0, 0.1) is 5.82 Å². The van der Waals surface area contributed by atoms with Gasteiger partial charge in [0.15, 0.2) is 5.15 Å². The second-order valence-corrected chi connectivity index (χ2v) is 12.5. The van der Waals surface area contributed by atoms with Crippen molar-refractivity contribution < 1.29 is 9.13 Å². The van der Waals surface area contributed by atoms with E-state index in [1.807, 2.05) is 12.4 Å². The summed E-state index contributed by atoms with van der Waals surface area (Å²) in [5.74, 6) is 0.744. The van der Waals surface area contributed by atoms with Gasteiger partial charge in [0.1, 0.15) is 12.5 Å². The fourth-order valence-electron chi connectivity index (χ4n) is 2.45. The first-order valence-electron chi connectivity index (χ1n) is 7.68. The molecule has 136 valence electrons. The number of aromatic amines is 1. The average Bonchev–Trinajstić information content (AvgIpc) is 3.06. The van der Waals surface area contributed by atoms with E-state index < -0.39 is 10.0 Å². The van der Waals surface area contributed by atoms with Gasteiger partial charge in [-0.1, -0.05) is 11.6 Å². The smallest absolute Gasteiger partial charge is 0.159 e. The number of hydrogen-bond acceptors (Lipinski definition) is 2. The molecule has 0 saturated carbocycles. The van der Waals surface area contributed by atoms with Gasteiger partial charge < -0.3 is 9.72 Å². The number of nitrogens with one attached hydrogen (secondary N) is 1. The van der Waals surface area contributed by atoms with Gasteiger partial charge in [-0.25, -0.2) is 19.1 Å². The molecule has 0 aliphatic rings. The van der Waals surface area contributed by atoms with E-state index in [9.17, 15) is 4.39 Å². The standard InChI is InChI=1S/C17H20BrClFN3OS/c1-25(2,3)5-4-24-10-23-9-13(17(19)22-23)12-8-21-16-7-15(20)14(18)6-11(12)16/h6-9,21H,4-5,10H2,1-3H3. The summed E-state index contributed by atoms with van der Waals surface area (Å²) in [4.78, 5) is 3.08. The monoisotopic (exact) mass is 447 g/mol. The van der Waals surface area contributed by atoms with Crippen LogP contribution in [0.5, 0.6) is 0 Å². The minimum atomic E-state index is -0.569. The highest BCUT2D eigenvalue weighted by molar-refractivity contribution is 9.10. The molecule has 4 nitrogen and oxygen atoms in total. The van der Waals surface area contributed by atoms with Crippen molar-refractivity contribution >= 4 is 48.5 Å². The number of halogens is 3. The molecule has 1 aromatic carbocycles. The van der Waals surface area contributed by atoms with Crippen LogP contribution < -0.4 is 0 Å². The molecule has 0 aliphatic heterocycles. The summed E-state index contributed by atoms with van der Waals surface area (Å²) < 4.78 is 21.5. The van der Waals surface area contributed by atoms with Crippen molar-refractivity contribution in [2.75, 3.05) is 31.1 Å². The number of fused-ring (bicyclic) bond motifs is 1. The number of rotatable bonds is 6. The second-order valence-electron chi connectivity index (χ2n) is 6.72. The van der Waals surface area contributed by atoms with Crippen LogP contribution in [0.4, 0.5) is 4.39 Å². The van der Waals surface area contributed by atoms with Gasteiger partial charge in [0.2, 0.25) is 0 Å². The lowest BCUT2D eigenvalue weighted by Crippen LogP contribution is -2.10. The molecular formula is C17H20BrClFN3OS. The number of hydrogen-bond donors (Lipinski definition) is 1. The molecule has 25 heavy (non-hydrogen) atoms. The van der Waals surface area contributed by atoms with E-state index in [0.717, 1.165) is 22.3 Å².